The molecule has 4 nitrogen and oxygen atoms in total. The van der Waals surface area contributed by atoms with E-state index in [2.05, 4.69) is 10.6 Å². The topological polar surface area (TPSA) is 61.4 Å². The van der Waals surface area contributed by atoms with Crippen molar-refractivity contribution in [2.75, 3.05) is 5.32 Å². The Labute approximate surface area is 130 Å². The Hall–Kier alpha value is -2.33. The highest BCUT2D eigenvalue weighted by Crippen LogP contribution is 2.31. The lowest BCUT2D eigenvalue weighted by molar-refractivity contribution is 0.144. The van der Waals surface area contributed by atoms with Crippen LogP contribution in [0.3, 0.4) is 0 Å². The van der Waals surface area contributed by atoms with Gasteiger partial charge in [-0.05, 0) is 42.2 Å². The maximum absolute atomic E-state index is 12.3. The van der Waals surface area contributed by atoms with Gasteiger partial charge in [-0.3, -0.25) is 0 Å². The smallest absolute Gasteiger partial charge is 0.319 e. The third-order valence-corrected chi connectivity index (χ3v) is 4.34. The Morgan fingerprint density at radius 2 is 1.91 bits per heavy atom. The molecule has 1 aliphatic carbocycles. The van der Waals surface area contributed by atoms with Crippen LogP contribution in [0.2, 0.25) is 0 Å². The van der Waals surface area contributed by atoms with Crippen molar-refractivity contribution in [3.63, 3.8) is 0 Å². The highest BCUT2D eigenvalue weighted by atomic mass is 16.3. The van der Waals surface area contributed by atoms with E-state index in [0.29, 0.717) is 6.42 Å². The number of aryl methyl sites for hydroxylation is 1. The highest BCUT2D eigenvalue weighted by Gasteiger charge is 2.31. The van der Waals surface area contributed by atoms with E-state index in [0.717, 1.165) is 27.9 Å². The second kappa shape index (κ2) is 5.81. The first-order chi connectivity index (χ1) is 10.6. The molecule has 4 heteroatoms. The third-order valence-electron chi connectivity index (χ3n) is 4.34. The number of benzene rings is 2. The predicted molar refractivity (Wildman–Crippen MR) is 87.0 cm³/mol. The Morgan fingerprint density at radius 3 is 2.73 bits per heavy atom. The molecule has 114 valence electrons. The fourth-order valence-corrected chi connectivity index (χ4v) is 2.93. The summed E-state index contributed by atoms with van der Waals surface area (Å²) in [6, 6.07) is 13.0. The van der Waals surface area contributed by atoms with Crippen LogP contribution in [0.5, 0.6) is 0 Å². The Morgan fingerprint density at radius 1 is 1.14 bits per heavy atom. The number of nitrogens with one attached hydrogen (secondary N) is 2. The first-order valence-corrected chi connectivity index (χ1v) is 7.46. The van der Waals surface area contributed by atoms with E-state index in [4.69, 9.17) is 0 Å². The molecule has 0 aliphatic heterocycles. The molecule has 3 rings (SSSR count). The first kappa shape index (κ1) is 14.6. The van der Waals surface area contributed by atoms with Gasteiger partial charge < -0.3 is 15.7 Å². The molecule has 22 heavy (non-hydrogen) atoms. The lowest BCUT2D eigenvalue weighted by atomic mass is 10.1. The summed E-state index contributed by atoms with van der Waals surface area (Å²) in [7, 11) is 0. The summed E-state index contributed by atoms with van der Waals surface area (Å²) in [6.45, 7) is 3.99. The average Bonchev–Trinajstić information content (AvgIpc) is 2.80. The van der Waals surface area contributed by atoms with Crippen LogP contribution in [0, 0.1) is 13.8 Å². The maximum atomic E-state index is 12.3. The van der Waals surface area contributed by atoms with Crippen LogP contribution in [0.1, 0.15) is 28.3 Å². The van der Waals surface area contributed by atoms with Gasteiger partial charge >= 0.3 is 6.03 Å². The summed E-state index contributed by atoms with van der Waals surface area (Å²) < 4.78 is 0. The minimum absolute atomic E-state index is 0.297. The Balaban J connectivity index is 1.74. The molecule has 0 spiro atoms. The molecule has 0 saturated carbocycles. The van der Waals surface area contributed by atoms with E-state index in [1.165, 1.54) is 0 Å². The first-order valence-electron chi connectivity index (χ1n) is 7.46. The fourth-order valence-electron chi connectivity index (χ4n) is 2.93. The van der Waals surface area contributed by atoms with Crippen molar-refractivity contribution in [3.05, 3.63) is 64.7 Å². The quantitative estimate of drug-likeness (QED) is 0.797. The fraction of sp³-hybridized carbons (Fsp3) is 0.278. The second-order valence-electron chi connectivity index (χ2n) is 5.79. The second-order valence-corrected chi connectivity index (χ2v) is 5.79. The van der Waals surface area contributed by atoms with E-state index < -0.39 is 6.10 Å². The predicted octanol–water partition coefficient (Wildman–Crippen LogP) is 3.08. The van der Waals surface area contributed by atoms with Gasteiger partial charge in [-0.15, -0.1) is 0 Å². The number of rotatable bonds is 2. The summed E-state index contributed by atoms with van der Waals surface area (Å²) in [6.07, 6.45) is -0.00771. The standard InChI is InChI=1S/C18H20N2O2/c1-11-6-5-9-15(12(11)2)19-18(22)20-17-14-8-4-3-7-13(14)10-16(17)21/h3-9,16-17,21H,10H2,1-2H3,(H2,19,20,22)/t16-,17+/m1/s1. The SMILES string of the molecule is Cc1cccc(NC(=O)N[C@H]2c3ccccc3C[C@H]2O)c1C. The molecule has 2 amide bonds. The number of carbonyl (C=O) groups is 1. The molecule has 0 fully saturated rings. The number of amides is 2. The summed E-state index contributed by atoms with van der Waals surface area (Å²) in [4.78, 5) is 12.3. The maximum Gasteiger partial charge on any atom is 0.319 e. The normalized spacial score (nSPS) is 19.6. The van der Waals surface area contributed by atoms with Crippen LogP contribution < -0.4 is 10.6 Å². The van der Waals surface area contributed by atoms with E-state index in [9.17, 15) is 9.90 Å². The zero-order valence-electron chi connectivity index (χ0n) is 12.8. The molecule has 0 unspecified atom stereocenters. The van der Waals surface area contributed by atoms with Crippen LogP contribution >= 0.6 is 0 Å². The summed E-state index contributed by atoms with van der Waals surface area (Å²) in [5, 5.41) is 15.9. The van der Waals surface area contributed by atoms with Crippen LogP contribution in [-0.4, -0.2) is 17.2 Å². The summed E-state index contributed by atoms with van der Waals surface area (Å²) in [5.74, 6) is 0. The highest BCUT2D eigenvalue weighted by molar-refractivity contribution is 5.90. The van der Waals surface area contributed by atoms with Gasteiger partial charge in [0.05, 0.1) is 12.1 Å². The van der Waals surface area contributed by atoms with Crippen LogP contribution in [-0.2, 0) is 6.42 Å². The zero-order valence-corrected chi connectivity index (χ0v) is 12.8. The van der Waals surface area contributed by atoms with Crippen molar-refractivity contribution in [2.24, 2.45) is 0 Å². The molecule has 0 saturated heterocycles. The van der Waals surface area contributed by atoms with Crippen molar-refractivity contribution in [1.29, 1.82) is 0 Å². The minimum atomic E-state index is -0.582. The van der Waals surface area contributed by atoms with Gasteiger partial charge in [0.1, 0.15) is 0 Å². The van der Waals surface area contributed by atoms with Crippen molar-refractivity contribution < 1.29 is 9.90 Å². The van der Waals surface area contributed by atoms with Crippen LogP contribution in [0.25, 0.3) is 0 Å². The van der Waals surface area contributed by atoms with Crippen molar-refractivity contribution in [3.8, 4) is 0 Å². The Kier molecular flexibility index (Phi) is 3.86. The van der Waals surface area contributed by atoms with Crippen LogP contribution in [0.4, 0.5) is 10.5 Å². The number of anilines is 1. The third kappa shape index (κ3) is 2.70. The van der Waals surface area contributed by atoms with Gasteiger partial charge in [0.25, 0.3) is 0 Å². The van der Waals surface area contributed by atoms with E-state index in [-0.39, 0.29) is 12.1 Å². The number of urea groups is 1. The number of carbonyl (C=O) groups excluding carboxylic acids is 1. The summed E-state index contributed by atoms with van der Waals surface area (Å²) >= 11 is 0. The van der Waals surface area contributed by atoms with Gasteiger partial charge in [-0.1, -0.05) is 36.4 Å². The molecule has 0 bridgehead atoms. The van der Waals surface area contributed by atoms with Gasteiger partial charge in [0, 0.05) is 12.1 Å². The van der Waals surface area contributed by atoms with E-state index >= 15 is 0 Å². The van der Waals surface area contributed by atoms with Gasteiger partial charge in [0.15, 0.2) is 0 Å². The molecular weight excluding hydrogens is 276 g/mol. The van der Waals surface area contributed by atoms with Gasteiger partial charge in [-0.25, -0.2) is 4.79 Å². The molecule has 3 N–H and O–H groups in total. The largest absolute Gasteiger partial charge is 0.390 e. The molecule has 2 aromatic carbocycles. The number of hydrogen-bond acceptors (Lipinski definition) is 2. The van der Waals surface area contributed by atoms with Crippen molar-refractivity contribution >= 4 is 11.7 Å². The number of aliphatic hydroxyl groups is 1. The molecule has 2 atom stereocenters. The monoisotopic (exact) mass is 296 g/mol. The molecule has 2 aromatic rings. The molecular formula is C18H20N2O2. The lowest BCUT2D eigenvalue weighted by Crippen LogP contribution is -2.37. The number of hydrogen-bond donors (Lipinski definition) is 3. The summed E-state index contributed by atoms with van der Waals surface area (Å²) in [5.41, 5.74) is 5.05. The van der Waals surface area contributed by atoms with Crippen molar-refractivity contribution in [2.45, 2.75) is 32.4 Å². The molecule has 1 aliphatic rings. The molecule has 0 aromatic heterocycles. The van der Waals surface area contributed by atoms with Crippen LogP contribution in [0.15, 0.2) is 42.5 Å². The van der Waals surface area contributed by atoms with E-state index in [1.807, 2.05) is 56.3 Å². The number of fused-ring (bicyclic) bond motifs is 1. The Bertz CT molecular complexity index is 712. The minimum Gasteiger partial charge on any atom is -0.390 e. The van der Waals surface area contributed by atoms with Gasteiger partial charge in [-0.2, -0.15) is 0 Å². The number of aliphatic hydroxyl groups excluding tert-OH is 1. The lowest BCUT2D eigenvalue weighted by Gasteiger charge is -2.19. The van der Waals surface area contributed by atoms with E-state index in [1.54, 1.807) is 0 Å². The van der Waals surface area contributed by atoms with Gasteiger partial charge in [0.2, 0.25) is 0 Å². The van der Waals surface area contributed by atoms with Crippen molar-refractivity contribution in [1.82, 2.24) is 5.32 Å². The molecule has 0 radical (unpaired) electrons. The zero-order chi connectivity index (χ0) is 15.7. The molecule has 0 heterocycles. The average molecular weight is 296 g/mol.